The van der Waals surface area contributed by atoms with Gasteiger partial charge in [-0.3, -0.25) is 0 Å². The van der Waals surface area contributed by atoms with Gasteiger partial charge in [-0.1, -0.05) is 37.3 Å². The first-order chi connectivity index (χ1) is 10.9. The first kappa shape index (κ1) is 16.0. The quantitative estimate of drug-likeness (QED) is 0.868. The van der Waals surface area contributed by atoms with Crippen LogP contribution in [0.1, 0.15) is 25.3 Å². The van der Waals surface area contributed by atoms with Crippen LogP contribution in [0.5, 0.6) is 0 Å². The molecule has 0 amide bonds. The lowest BCUT2D eigenvalue weighted by Crippen LogP contribution is -2.45. The average Bonchev–Trinajstić information content (AvgIpc) is 2.55. The summed E-state index contributed by atoms with van der Waals surface area (Å²) in [5.74, 6) is 0.580. The minimum absolute atomic E-state index is 0.00576. The van der Waals surface area contributed by atoms with Crippen molar-refractivity contribution in [3.63, 3.8) is 0 Å². The van der Waals surface area contributed by atoms with Crippen LogP contribution in [0.4, 0.5) is 5.82 Å². The van der Waals surface area contributed by atoms with Crippen molar-refractivity contribution in [3.05, 3.63) is 54.2 Å². The molecule has 122 valence electrons. The van der Waals surface area contributed by atoms with Crippen molar-refractivity contribution < 1.29 is 8.42 Å². The summed E-state index contributed by atoms with van der Waals surface area (Å²) >= 11 is 0. The summed E-state index contributed by atoms with van der Waals surface area (Å²) in [7, 11) is -3.29. The maximum Gasteiger partial charge on any atom is 0.179 e. The Morgan fingerprint density at radius 1 is 1.13 bits per heavy atom. The number of sulfone groups is 1. The molecule has 1 fully saturated rings. The molecule has 0 aliphatic carbocycles. The van der Waals surface area contributed by atoms with Crippen molar-refractivity contribution in [2.24, 2.45) is 0 Å². The molecule has 1 aromatic carbocycles. The number of nitrogens with zero attached hydrogens (tertiary/aromatic N) is 2. The van der Waals surface area contributed by atoms with E-state index < -0.39 is 9.84 Å². The number of hydrogen-bond donors (Lipinski definition) is 0. The number of aromatic nitrogens is 1. The standard InChI is InChI=1S/C18H22N2O2S/c1-18(15-8-4-3-5-9-15)11-7-13-20(14-18)17-16(23(2,21)22)10-6-12-19-17/h3-6,8-10,12H,7,11,13-14H2,1-2H3. The van der Waals surface area contributed by atoms with Crippen molar-refractivity contribution in [2.45, 2.75) is 30.1 Å². The van der Waals surface area contributed by atoms with Crippen LogP contribution in [0.25, 0.3) is 0 Å². The Bertz CT molecular complexity index is 790. The van der Waals surface area contributed by atoms with E-state index in [9.17, 15) is 8.42 Å². The monoisotopic (exact) mass is 330 g/mol. The third-order valence-electron chi connectivity index (χ3n) is 4.62. The van der Waals surface area contributed by atoms with E-state index in [2.05, 4.69) is 41.1 Å². The van der Waals surface area contributed by atoms with Gasteiger partial charge in [-0.15, -0.1) is 0 Å². The Balaban J connectivity index is 1.97. The van der Waals surface area contributed by atoms with E-state index in [1.165, 1.54) is 11.8 Å². The molecule has 3 rings (SSSR count). The fourth-order valence-electron chi connectivity index (χ4n) is 3.41. The third kappa shape index (κ3) is 3.24. The van der Waals surface area contributed by atoms with Gasteiger partial charge < -0.3 is 4.90 Å². The lowest BCUT2D eigenvalue weighted by atomic mass is 9.76. The molecule has 5 heteroatoms. The van der Waals surface area contributed by atoms with Crippen LogP contribution in [0.2, 0.25) is 0 Å². The highest BCUT2D eigenvalue weighted by molar-refractivity contribution is 7.90. The fraction of sp³-hybridized carbons (Fsp3) is 0.389. The number of pyridine rings is 1. The van der Waals surface area contributed by atoms with Crippen LogP contribution >= 0.6 is 0 Å². The molecule has 1 aliphatic rings. The second-order valence-corrected chi connectivity index (χ2v) is 8.53. The van der Waals surface area contributed by atoms with Gasteiger partial charge >= 0.3 is 0 Å². The van der Waals surface area contributed by atoms with E-state index in [1.807, 2.05) is 6.07 Å². The molecule has 2 heterocycles. The third-order valence-corrected chi connectivity index (χ3v) is 5.73. The van der Waals surface area contributed by atoms with Crippen molar-refractivity contribution >= 4 is 15.7 Å². The Morgan fingerprint density at radius 3 is 2.57 bits per heavy atom. The molecular weight excluding hydrogens is 308 g/mol. The Kier molecular flexibility index (Phi) is 4.15. The van der Waals surface area contributed by atoms with Gasteiger partial charge in [0.2, 0.25) is 0 Å². The first-order valence-corrected chi connectivity index (χ1v) is 9.75. The van der Waals surface area contributed by atoms with Crippen LogP contribution in [0.15, 0.2) is 53.6 Å². The van der Waals surface area contributed by atoms with E-state index in [0.29, 0.717) is 10.7 Å². The summed E-state index contributed by atoms with van der Waals surface area (Å²) in [6, 6.07) is 13.8. The number of benzene rings is 1. The van der Waals surface area contributed by atoms with Crippen LogP contribution in [0.3, 0.4) is 0 Å². The summed E-state index contributed by atoms with van der Waals surface area (Å²) in [6.45, 7) is 3.86. The Morgan fingerprint density at radius 2 is 1.87 bits per heavy atom. The number of anilines is 1. The highest BCUT2D eigenvalue weighted by atomic mass is 32.2. The van der Waals surface area contributed by atoms with E-state index in [4.69, 9.17) is 0 Å². The molecule has 1 atom stereocenters. The van der Waals surface area contributed by atoms with E-state index >= 15 is 0 Å². The van der Waals surface area contributed by atoms with Crippen LogP contribution in [0, 0.1) is 0 Å². The minimum Gasteiger partial charge on any atom is -0.355 e. The number of rotatable bonds is 3. The summed E-state index contributed by atoms with van der Waals surface area (Å²) in [6.07, 6.45) is 5.02. The summed E-state index contributed by atoms with van der Waals surface area (Å²) < 4.78 is 24.1. The van der Waals surface area contributed by atoms with Crippen LogP contribution < -0.4 is 4.90 Å². The molecule has 4 nitrogen and oxygen atoms in total. The van der Waals surface area contributed by atoms with Gasteiger partial charge in [0.05, 0.1) is 0 Å². The fourth-order valence-corrected chi connectivity index (χ4v) is 4.24. The second kappa shape index (κ2) is 5.96. The first-order valence-electron chi connectivity index (χ1n) is 7.86. The molecule has 1 saturated heterocycles. The van der Waals surface area contributed by atoms with Crippen molar-refractivity contribution in [1.82, 2.24) is 4.98 Å². The van der Waals surface area contributed by atoms with Crippen molar-refractivity contribution in [3.8, 4) is 0 Å². The summed E-state index contributed by atoms with van der Waals surface area (Å²) in [5, 5.41) is 0. The van der Waals surface area contributed by atoms with Gasteiger partial charge in [-0.05, 0) is 30.5 Å². The maximum absolute atomic E-state index is 12.1. The van der Waals surface area contributed by atoms with Crippen molar-refractivity contribution in [2.75, 3.05) is 24.2 Å². The smallest absolute Gasteiger partial charge is 0.179 e. The number of piperidine rings is 1. The molecule has 1 aromatic heterocycles. The maximum atomic E-state index is 12.1. The van der Waals surface area contributed by atoms with Crippen LogP contribution in [-0.4, -0.2) is 32.7 Å². The molecule has 23 heavy (non-hydrogen) atoms. The number of hydrogen-bond acceptors (Lipinski definition) is 4. The lowest BCUT2D eigenvalue weighted by Gasteiger charge is -2.42. The molecule has 0 N–H and O–H groups in total. The molecule has 0 bridgehead atoms. The normalized spacial score (nSPS) is 22.1. The molecular formula is C18H22N2O2S. The van der Waals surface area contributed by atoms with E-state index in [0.717, 1.165) is 25.9 Å². The minimum atomic E-state index is -3.29. The van der Waals surface area contributed by atoms with E-state index in [-0.39, 0.29) is 5.41 Å². The molecule has 0 saturated carbocycles. The van der Waals surface area contributed by atoms with Gasteiger partial charge in [0.15, 0.2) is 9.84 Å². The zero-order valence-corrected chi connectivity index (χ0v) is 14.4. The summed E-state index contributed by atoms with van der Waals surface area (Å²) in [5.41, 5.74) is 1.30. The van der Waals surface area contributed by atoms with Gasteiger partial charge in [0.1, 0.15) is 10.7 Å². The zero-order valence-electron chi connectivity index (χ0n) is 13.6. The van der Waals surface area contributed by atoms with Crippen molar-refractivity contribution in [1.29, 1.82) is 0 Å². The van der Waals surface area contributed by atoms with Gasteiger partial charge in [0, 0.05) is 31.0 Å². The van der Waals surface area contributed by atoms with Gasteiger partial charge in [-0.2, -0.15) is 0 Å². The molecule has 1 unspecified atom stereocenters. The molecule has 2 aromatic rings. The Labute approximate surface area is 138 Å². The lowest BCUT2D eigenvalue weighted by molar-refractivity contribution is 0.371. The van der Waals surface area contributed by atoms with E-state index in [1.54, 1.807) is 18.3 Å². The highest BCUT2D eigenvalue weighted by Gasteiger charge is 2.34. The predicted molar refractivity (Wildman–Crippen MR) is 92.6 cm³/mol. The molecule has 0 radical (unpaired) electrons. The second-order valence-electron chi connectivity index (χ2n) is 6.55. The van der Waals surface area contributed by atoms with Gasteiger partial charge in [0.25, 0.3) is 0 Å². The topological polar surface area (TPSA) is 50.3 Å². The Hall–Kier alpha value is -1.88. The average molecular weight is 330 g/mol. The predicted octanol–water partition coefficient (Wildman–Crippen LogP) is 3.04. The van der Waals surface area contributed by atoms with Gasteiger partial charge in [-0.25, -0.2) is 13.4 Å². The van der Waals surface area contributed by atoms with Crippen LogP contribution in [-0.2, 0) is 15.3 Å². The highest BCUT2D eigenvalue weighted by Crippen LogP contribution is 2.36. The molecule has 0 spiro atoms. The molecule has 1 aliphatic heterocycles. The largest absolute Gasteiger partial charge is 0.355 e. The SMILES string of the molecule is CC1(c2ccccc2)CCCN(c2ncccc2S(C)(=O)=O)C1. The zero-order chi connectivity index (χ0) is 16.5. The summed E-state index contributed by atoms with van der Waals surface area (Å²) in [4.78, 5) is 6.81.